The molecule has 0 aromatic carbocycles. The molecule has 0 aromatic rings. The Kier molecular flexibility index (Phi) is 14.6. The molecule has 0 amide bonds. The molecular weight excluding hydrogens is 172 g/mol. The van der Waals surface area contributed by atoms with Crippen molar-refractivity contribution < 1.29 is 50.5 Å². The van der Waals surface area contributed by atoms with Gasteiger partial charge in [0.15, 0.2) is 0 Å². The summed E-state index contributed by atoms with van der Waals surface area (Å²) in [4.78, 5) is 10.1. The third-order valence-electron chi connectivity index (χ3n) is 0.710. The maximum atomic E-state index is 10.1. The zero-order chi connectivity index (χ0) is 7.44. The van der Waals surface area contributed by atoms with Crippen molar-refractivity contribution in [2.75, 3.05) is 0 Å². The van der Waals surface area contributed by atoms with Crippen LogP contribution in [-0.4, -0.2) is 21.4 Å². The summed E-state index contributed by atoms with van der Waals surface area (Å²) in [5.74, 6) is -0.939. The van der Waals surface area contributed by atoms with Gasteiger partial charge in [0.1, 0.15) is 10.4 Å². The molecule has 0 aromatic heterocycles. The van der Waals surface area contributed by atoms with Gasteiger partial charge in [-0.2, -0.15) is 0 Å². The molecule has 0 aliphatic carbocycles. The number of carboxylic acid groups (broad SMARTS) is 1. The molecule has 56 valence electrons. The predicted octanol–water partition coefficient (Wildman–Crippen LogP) is -5.50. The first-order valence-corrected chi connectivity index (χ1v) is 3.12. The molecule has 1 atom stereocenters. The predicted molar refractivity (Wildman–Crippen MR) is 44.0 cm³/mol. The first kappa shape index (κ1) is 17.9. The fourth-order valence-corrected chi connectivity index (χ4v) is 0.617. The number of hydrogen-bond acceptors (Lipinski definition) is 2. The second-order valence-electron chi connectivity index (χ2n) is 1.51. The van der Waals surface area contributed by atoms with Crippen molar-refractivity contribution in [1.29, 1.82) is 0 Å². The Balaban J connectivity index is -0.0000000533. The fourth-order valence-electron chi connectivity index (χ4n) is 0.247. The summed E-state index contributed by atoms with van der Waals surface area (Å²) in [5.41, 5.74) is 0. The minimum atomic E-state index is -0.939. The molecule has 0 fully saturated rings. The van der Waals surface area contributed by atoms with Crippen molar-refractivity contribution in [2.45, 2.75) is 13.0 Å². The van der Waals surface area contributed by atoms with Gasteiger partial charge in [0.25, 0.3) is 0 Å². The van der Waals surface area contributed by atoms with Crippen molar-refractivity contribution in [2.24, 2.45) is 0 Å². The van der Waals surface area contributed by atoms with Gasteiger partial charge in [0.2, 0.25) is 0 Å². The van der Waals surface area contributed by atoms with Gasteiger partial charge in [-0.25, -0.2) is 0 Å². The zero-order valence-electron chi connectivity index (χ0n) is 8.79. The molecule has 0 heterocycles. The topological polar surface area (TPSA) is 49.3 Å². The summed E-state index contributed by atoms with van der Waals surface area (Å²) in [6.45, 7) is 1.49. The third kappa shape index (κ3) is 10.9. The average Bonchev–Trinajstić information content (AvgIpc) is 1.63. The van der Waals surface area contributed by atoms with E-state index < -0.39 is 12.0 Å². The van der Waals surface area contributed by atoms with Crippen LogP contribution in [0.5, 0.6) is 0 Å². The van der Waals surface area contributed by atoms with E-state index in [0.717, 1.165) is 0 Å². The molecule has 0 aliphatic heterocycles. The van der Waals surface area contributed by atoms with E-state index >= 15 is 0 Å². The van der Waals surface area contributed by atoms with Crippen LogP contribution in [0.2, 0.25) is 0 Å². The molecule has 0 saturated heterocycles. The van der Waals surface area contributed by atoms with Gasteiger partial charge >= 0.3 is 43.7 Å². The number of aliphatic carboxylic acids is 1. The second kappa shape index (κ2) is 9.00. The first-order chi connectivity index (χ1) is 4.04. The SMILES string of the molecule is CC(NC(=S)S)C(=O)O.[H-].[H-].[Li+].[Li+]. The number of carbonyl (C=O) groups is 1. The van der Waals surface area contributed by atoms with Crippen LogP contribution in [0.3, 0.4) is 0 Å². The summed E-state index contributed by atoms with van der Waals surface area (Å²) in [6.07, 6.45) is 0. The quantitative estimate of drug-likeness (QED) is 0.226. The van der Waals surface area contributed by atoms with E-state index in [9.17, 15) is 4.79 Å². The smallest absolute Gasteiger partial charge is 1.00 e. The molecule has 2 N–H and O–H groups in total. The van der Waals surface area contributed by atoms with Crippen LogP contribution in [0, 0.1) is 0 Å². The van der Waals surface area contributed by atoms with Gasteiger partial charge in [-0.05, 0) is 6.92 Å². The number of thiocarbonyl (C=S) groups is 1. The van der Waals surface area contributed by atoms with E-state index in [1.54, 1.807) is 0 Å². The average molecular weight is 181 g/mol. The zero-order valence-corrected chi connectivity index (χ0v) is 8.50. The van der Waals surface area contributed by atoms with Gasteiger partial charge in [-0.1, -0.05) is 12.2 Å². The Morgan fingerprint density at radius 2 is 2.09 bits per heavy atom. The van der Waals surface area contributed by atoms with Crippen LogP contribution < -0.4 is 43.0 Å². The molecule has 0 saturated carbocycles. The summed E-state index contributed by atoms with van der Waals surface area (Å²) in [6, 6.07) is -0.657. The summed E-state index contributed by atoms with van der Waals surface area (Å²) in [5, 5.41) is 10.7. The number of rotatable bonds is 2. The van der Waals surface area contributed by atoms with Crippen LogP contribution in [0.15, 0.2) is 0 Å². The maximum Gasteiger partial charge on any atom is 1.00 e. The molecule has 7 heteroatoms. The number of hydrogen-bond donors (Lipinski definition) is 3. The molecule has 11 heavy (non-hydrogen) atoms. The van der Waals surface area contributed by atoms with E-state index in [0.29, 0.717) is 0 Å². The van der Waals surface area contributed by atoms with Gasteiger partial charge in [0.05, 0.1) is 0 Å². The van der Waals surface area contributed by atoms with Gasteiger partial charge < -0.3 is 13.3 Å². The fraction of sp³-hybridized carbons (Fsp3) is 0.500. The Morgan fingerprint density at radius 1 is 1.73 bits per heavy atom. The molecule has 0 rings (SSSR count). The van der Waals surface area contributed by atoms with E-state index in [-0.39, 0.29) is 44.9 Å². The molecule has 0 bridgehead atoms. The van der Waals surface area contributed by atoms with E-state index in [1.807, 2.05) is 0 Å². The first-order valence-electron chi connectivity index (χ1n) is 2.26. The van der Waals surface area contributed by atoms with Crippen molar-refractivity contribution in [3.8, 4) is 0 Å². The van der Waals surface area contributed by atoms with E-state index in [4.69, 9.17) is 5.11 Å². The van der Waals surface area contributed by atoms with Crippen LogP contribution in [-0.2, 0) is 4.79 Å². The second-order valence-corrected chi connectivity index (χ2v) is 2.67. The van der Waals surface area contributed by atoms with Crippen LogP contribution in [0.1, 0.15) is 9.78 Å². The molecule has 0 aliphatic rings. The van der Waals surface area contributed by atoms with Gasteiger partial charge in [-0.15, -0.1) is 12.6 Å². The minimum Gasteiger partial charge on any atom is -1.00 e. The Labute approximate surface area is 103 Å². The largest absolute Gasteiger partial charge is 1.00 e. The Morgan fingerprint density at radius 3 is 2.18 bits per heavy atom. The van der Waals surface area contributed by atoms with Crippen molar-refractivity contribution >= 4 is 35.1 Å². The molecule has 3 nitrogen and oxygen atoms in total. The summed E-state index contributed by atoms with van der Waals surface area (Å²) >= 11 is 8.17. The number of nitrogens with one attached hydrogen (secondary N) is 1. The standard InChI is InChI=1S/C4H7NO2S2.2Li.2H/c1-2(3(6)7)5-4(8)9;;;;/h2H,1H3,(H,6,7)(H2,5,8,9);;;;/q;2*+1;2*-1. The normalized spacial score (nSPS) is 10.0. The van der Waals surface area contributed by atoms with Crippen LogP contribution >= 0.6 is 24.8 Å². The molecule has 0 spiro atoms. The van der Waals surface area contributed by atoms with Crippen molar-refractivity contribution in [1.82, 2.24) is 5.32 Å². The summed E-state index contributed by atoms with van der Waals surface area (Å²) in [7, 11) is 0. The van der Waals surface area contributed by atoms with Crippen LogP contribution in [0.4, 0.5) is 0 Å². The van der Waals surface area contributed by atoms with E-state index in [2.05, 4.69) is 30.2 Å². The monoisotopic (exact) mass is 181 g/mol. The number of thiol groups is 1. The Bertz CT molecular complexity index is 152. The van der Waals surface area contributed by atoms with Gasteiger partial charge in [0, 0.05) is 0 Å². The van der Waals surface area contributed by atoms with Crippen molar-refractivity contribution in [3.63, 3.8) is 0 Å². The number of carboxylic acids is 1. The third-order valence-corrected chi connectivity index (χ3v) is 0.957. The van der Waals surface area contributed by atoms with Crippen LogP contribution in [0.25, 0.3) is 0 Å². The Hall–Kier alpha value is 0.905. The van der Waals surface area contributed by atoms with Crippen molar-refractivity contribution in [3.05, 3.63) is 0 Å². The summed E-state index contributed by atoms with van der Waals surface area (Å²) < 4.78 is 0.199. The molecule has 1 unspecified atom stereocenters. The maximum absolute atomic E-state index is 10.1. The minimum absolute atomic E-state index is 0. The van der Waals surface area contributed by atoms with E-state index in [1.165, 1.54) is 6.92 Å². The molecule has 0 radical (unpaired) electrons. The van der Waals surface area contributed by atoms with Gasteiger partial charge in [-0.3, -0.25) is 4.79 Å². The molecular formula is C4H9Li2NO2S2.